The van der Waals surface area contributed by atoms with Crippen molar-refractivity contribution in [2.45, 2.75) is 19.9 Å². The highest BCUT2D eigenvalue weighted by molar-refractivity contribution is 5.78. The number of aromatic nitrogens is 2. The van der Waals surface area contributed by atoms with Gasteiger partial charge in [-0.05, 0) is 54.4 Å². The fraction of sp³-hybridized carbons (Fsp3) is 0.125. The summed E-state index contributed by atoms with van der Waals surface area (Å²) in [5, 5.41) is 6.79. The molecule has 0 fully saturated rings. The molecule has 4 aromatic rings. The summed E-state index contributed by atoms with van der Waals surface area (Å²) in [6.45, 7) is 2.21. The minimum absolute atomic E-state index is 0.0985. The highest BCUT2D eigenvalue weighted by Crippen LogP contribution is 2.25. The van der Waals surface area contributed by atoms with Crippen molar-refractivity contribution in [3.63, 3.8) is 0 Å². The zero-order chi connectivity index (χ0) is 20.8. The molecule has 0 saturated heterocycles. The maximum atomic E-state index is 12.1. The summed E-state index contributed by atoms with van der Waals surface area (Å²) in [7, 11) is 0. The van der Waals surface area contributed by atoms with Crippen molar-refractivity contribution in [1.82, 2.24) is 15.5 Å². The van der Waals surface area contributed by atoms with Crippen LogP contribution in [0.4, 0.5) is 0 Å². The highest BCUT2D eigenvalue weighted by atomic mass is 16.5. The van der Waals surface area contributed by atoms with E-state index in [4.69, 9.17) is 9.26 Å². The van der Waals surface area contributed by atoms with Gasteiger partial charge in [0.05, 0.1) is 13.0 Å². The number of nitrogens with one attached hydrogen (secondary N) is 1. The molecule has 1 amide bonds. The lowest BCUT2D eigenvalue weighted by Gasteiger charge is -2.06. The van der Waals surface area contributed by atoms with Gasteiger partial charge in [-0.3, -0.25) is 4.79 Å². The van der Waals surface area contributed by atoms with Crippen molar-refractivity contribution < 1.29 is 14.1 Å². The van der Waals surface area contributed by atoms with Crippen LogP contribution in [0, 0.1) is 6.92 Å². The molecule has 0 saturated carbocycles. The first-order valence-electron chi connectivity index (χ1n) is 9.64. The van der Waals surface area contributed by atoms with Gasteiger partial charge in [0.1, 0.15) is 11.5 Å². The molecule has 1 heterocycles. The van der Waals surface area contributed by atoms with Crippen molar-refractivity contribution in [3.05, 3.63) is 95.9 Å². The normalized spacial score (nSPS) is 10.6. The van der Waals surface area contributed by atoms with Crippen LogP contribution in [0.3, 0.4) is 0 Å². The molecule has 0 aliphatic carbocycles. The first-order chi connectivity index (χ1) is 14.7. The van der Waals surface area contributed by atoms with Crippen LogP contribution in [0.25, 0.3) is 11.4 Å². The SMILES string of the molecule is Cc1cccc(Oc2ccc(-c3noc(CNC(=O)Cc4ccccc4)n3)cc2)c1. The van der Waals surface area contributed by atoms with E-state index < -0.39 is 0 Å². The van der Waals surface area contributed by atoms with Crippen molar-refractivity contribution in [1.29, 1.82) is 0 Å². The van der Waals surface area contributed by atoms with E-state index in [1.165, 1.54) is 0 Å². The van der Waals surface area contributed by atoms with Crippen molar-refractivity contribution >= 4 is 5.91 Å². The summed E-state index contributed by atoms with van der Waals surface area (Å²) in [4.78, 5) is 16.4. The summed E-state index contributed by atoms with van der Waals surface area (Å²) in [6.07, 6.45) is 0.310. The van der Waals surface area contributed by atoms with Crippen LogP contribution < -0.4 is 10.1 Å². The summed E-state index contributed by atoms with van der Waals surface area (Å²) >= 11 is 0. The van der Waals surface area contributed by atoms with Gasteiger partial charge in [0.25, 0.3) is 0 Å². The molecule has 1 aromatic heterocycles. The molecule has 0 atom stereocenters. The van der Waals surface area contributed by atoms with Crippen LogP contribution in [0.15, 0.2) is 83.4 Å². The first kappa shape index (κ1) is 19.4. The summed E-state index contributed by atoms with van der Waals surface area (Å²) in [5.41, 5.74) is 2.89. The molecule has 0 aliphatic rings. The van der Waals surface area contributed by atoms with Gasteiger partial charge in [0, 0.05) is 5.56 Å². The van der Waals surface area contributed by atoms with Gasteiger partial charge < -0.3 is 14.6 Å². The van der Waals surface area contributed by atoms with Crippen molar-refractivity contribution in [2.75, 3.05) is 0 Å². The topological polar surface area (TPSA) is 77.3 Å². The number of carbonyl (C=O) groups excluding carboxylic acids is 1. The number of benzene rings is 3. The van der Waals surface area contributed by atoms with Crippen molar-refractivity contribution in [2.24, 2.45) is 0 Å². The van der Waals surface area contributed by atoms with Gasteiger partial charge >= 0.3 is 0 Å². The number of rotatable bonds is 7. The third kappa shape index (κ3) is 5.11. The van der Waals surface area contributed by atoms with Gasteiger partial charge in [0.2, 0.25) is 17.6 Å². The van der Waals surface area contributed by atoms with E-state index in [1.54, 1.807) is 0 Å². The average Bonchev–Trinajstić information content (AvgIpc) is 3.23. The number of hydrogen-bond donors (Lipinski definition) is 1. The van der Waals surface area contributed by atoms with E-state index in [2.05, 4.69) is 15.5 Å². The van der Waals surface area contributed by atoms with E-state index in [-0.39, 0.29) is 12.5 Å². The smallest absolute Gasteiger partial charge is 0.246 e. The quantitative estimate of drug-likeness (QED) is 0.488. The largest absolute Gasteiger partial charge is 0.457 e. The zero-order valence-electron chi connectivity index (χ0n) is 16.5. The minimum atomic E-state index is -0.0985. The molecular weight excluding hydrogens is 378 g/mol. The van der Waals surface area contributed by atoms with Gasteiger partial charge in [-0.15, -0.1) is 0 Å². The Balaban J connectivity index is 1.33. The van der Waals surface area contributed by atoms with Gasteiger partial charge in [-0.1, -0.05) is 47.6 Å². The fourth-order valence-corrected chi connectivity index (χ4v) is 2.95. The summed E-state index contributed by atoms with van der Waals surface area (Å²) < 4.78 is 11.1. The highest BCUT2D eigenvalue weighted by Gasteiger charge is 2.11. The molecule has 0 radical (unpaired) electrons. The molecule has 3 aromatic carbocycles. The molecule has 6 heteroatoms. The predicted octanol–water partition coefficient (Wildman–Crippen LogP) is 4.70. The Morgan fingerprint density at radius 1 is 0.967 bits per heavy atom. The van der Waals surface area contributed by atoms with Crippen LogP contribution in [0.5, 0.6) is 11.5 Å². The summed E-state index contributed by atoms with van der Waals surface area (Å²) in [5.74, 6) is 2.23. The second-order valence-corrected chi connectivity index (χ2v) is 6.89. The molecule has 150 valence electrons. The second-order valence-electron chi connectivity index (χ2n) is 6.89. The van der Waals surface area contributed by atoms with Crippen LogP contribution >= 0.6 is 0 Å². The molecular formula is C24H21N3O3. The minimum Gasteiger partial charge on any atom is -0.457 e. The number of hydrogen-bond acceptors (Lipinski definition) is 5. The number of ether oxygens (including phenoxy) is 1. The maximum Gasteiger partial charge on any atom is 0.246 e. The predicted molar refractivity (Wildman–Crippen MR) is 113 cm³/mol. The van der Waals surface area contributed by atoms with Crippen LogP contribution in [-0.4, -0.2) is 16.0 Å². The molecule has 0 bridgehead atoms. The number of carbonyl (C=O) groups is 1. The van der Waals surface area contributed by atoms with E-state index in [0.717, 1.165) is 28.2 Å². The first-order valence-corrected chi connectivity index (χ1v) is 9.64. The van der Waals surface area contributed by atoms with Gasteiger partial charge in [-0.25, -0.2) is 0 Å². The number of aryl methyl sites for hydroxylation is 1. The molecule has 0 unspecified atom stereocenters. The van der Waals surface area contributed by atoms with E-state index in [0.29, 0.717) is 18.1 Å². The summed E-state index contributed by atoms with van der Waals surface area (Å²) in [6, 6.07) is 24.9. The Kier molecular flexibility index (Phi) is 5.85. The average molecular weight is 399 g/mol. The zero-order valence-corrected chi connectivity index (χ0v) is 16.5. The van der Waals surface area contributed by atoms with Crippen LogP contribution in [0.1, 0.15) is 17.0 Å². The molecule has 6 nitrogen and oxygen atoms in total. The Hall–Kier alpha value is -3.93. The number of nitrogens with zero attached hydrogens (tertiary/aromatic N) is 2. The lowest BCUT2D eigenvalue weighted by atomic mass is 10.1. The van der Waals surface area contributed by atoms with E-state index in [9.17, 15) is 4.79 Å². The third-order valence-electron chi connectivity index (χ3n) is 4.45. The van der Waals surface area contributed by atoms with E-state index in [1.807, 2.05) is 85.8 Å². The monoisotopic (exact) mass is 399 g/mol. The molecule has 0 aliphatic heterocycles. The molecule has 4 rings (SSSR count). The Morgan fingerprint density at radius 3 is 2.53 bits per heavy atom. The Morgan fingerprint density at radius 2 is 1.77 bits per heavy atom. The maximum absolute atomic E-state index is 12.1. The van der Waals surface area contributed by atoms with Crippen molar-refractivity contribution in [3.8, 4) is 22.9 Å². The van der Waals surface area contributed by atoms with E-state index >= 15 is 0 Å². The fourth-order valence-electron chi connectivity index (χ4n) is 2.95. The molecule has 1 N–H and O–H groups in total. The Bertz CT molecular complexity index is 1120. The lowest BCUT2D eigenvalue weighted by molar-refractivity contribution is -0.120. The number of amides is 1. The molecule has 30 heavy (non-hydrogen) atoms. The van der Waals surface area contributed by atoms with Crippen LogP contribution in [0.2, 0.25) is 0 Å². The van der Waals surface area contributed by atoms with Gasteiger partial charge in [0.15, 0.2) is 0 Å². The molecule has 0 spiro atoms. The van der Waals surface area contributed by atoms with Crippen LogP contribution in [-0.2, 0) is 17.8 Å². The van der Waals surface area contributed by atoms with Gasteiger partial charge in [-0.2, -0.15) is 4.98 Å². The Labute approximate surface area is 174 Å². The standard InChI is InChI=1S/C24H21N3O3/c1-17-6-5-9-21(14-17)29-20-12-10-19(11-13-20)24-26-23(30-27-24)16-25-22(28)15-18-7-3-2-4-8-18/h2-14H,15-16H2,1H3,(H,25,28). The second kappa shape index (κ2) is 9.05. The third-order valence-corrected chi connectivity index (χ3v) is 4.45. The lowest BCUT2D eigenvalue weighted by Crippen LogP contribution is -2.24.